The van der Waals surface area contributed by atoms with Crippen LogP contribution in [-0.2, 0) is 4.74 Å². The Hall–Kier alpha value is -0.260. The number of likely N-dealkylation sites (N-methyl/N-ethyl adjacent to an activating group) is 1. The van der Waals surface area contributed by atoms with Crippen molar-refractivity contribution in [2.75, 3.05) is 46.4 Å². The van der Waals surface area contributed by atoms with Crippen LogP contribution >= 0.6 is 0 Å². The van der Waals surface area contributed by atoms with Crippen LogP contribution in [0.25, 0.3) is 0 Å². The molecule has 1 atom stereocenters. The molecule has 0 unspecified atom stereocenters. The maximum atomic E-state index is 12.5. The van der Waals surface area contributed by atoms with Gasteiger partial charge in [-0.25, -0.2) is 8.78 Å². The molecule has 0 spiro atoms. The van der Waals surface area contributed by atoms with E-state index in [0.717, 1.165) is 13.1 Å². The maximum absolute atomic E-state index is 12.5. The molecule has 0 radical (unpaired) electrons. The van der Waals surface area contributed by atoms with Crippen LogP contribution in [0, 0.1) is 0 Å². The fourth-order valence-corrected chi connectivity index (χ4v) is 2.00. The third kappa shape index (κ3) is 2.40. The third-order valence-corrected chi connectivity index (χ3v) is 2.71. The molecule has 2 heterocycles. The van der Waals surface area contributed by atoms with Gasteiger partial charge in [0.05, 0.1) is 25.8 Å². The van der Waals surface area contributed by atoms with Gasteiger partial charge in [0.1, 0.15) is 0 Å². The van der Waals surface area contributed by atoms with Gasteiger partial charge in [-0.3, -0.25) is 4.90 Å². The van der Waals surface area contributed by atoms with E-state index in [1.54, 1.807) is 4.90 Å². The number of halogens is 2. The van der Waals surface area contributed by atoms with E-state index in [4.69, 9.17) is 4.74 Å². The Kier molecular flexibility index (Phi) is 2.72. The number of ether oxygens (including phenoxy) is 1. The quantitative estimate of drug-likeness (QED) is 0.645. The smallest absolute Gasteiger partial charge is 0.272 e. The Balaban J connectivity index is 1.71. The van der Waals surface area contributed by atoms with Gasteiger partial charge < -0.3 is 9.64 Å². The van der Waals surface area contributed by atoms with Crippen molar-refractivity contribution in [3.63, 3.8) is 0 Å². The summed E-state index contributed by atoms with van der Waals surface area (Å²) < 4.78 is 30.5. The molecule has 0 aromatic heterocycles. The molecular weight excluding hydrogens is 190 g/mol. The van der Waals surface area contributed by atoms with Gasteiger partial charge in [-0.15, -0.1) is 0 Å². The summed E-state index contributed by atoms with van der Waals surface area (Å²) in [6.45, 7) is 2.94. The maximum Gasteiger partial charge on any atom is 0.272 e. The molecule has 2 aliphatic heterocycles. The molecule has 0 aromatic rings. The first-order valence-electron chi connectivity index (χ1n) is 4.95. The van der Waals surface area contributed by atoms with E-state index in [9.17, 15) is 8.78 Å². The predicted octanol–water partition coefficient (Wildman–Crippen LogP) is 0.268. The largest absolute Gasteiger partial charge is 0.374 e. The highest BCUT2D eigenvalue weighted by Gasteiger charge is 2.44. The van der Waals surface area contributed by atoms with Crippen molar-refractivity contribution in [3.8, 4) is 0 Å². The predicted molar refractivity (Wildman–Crippen MR) is 48.6 cm³/mol. The van der Waals surface area contributed by atoms with Gasteiger partial charge in [-0.2, -0.15) is 0 Å². The second kappa shape index (κ2) is 3.72. The average molecular weight is 206 g/mol. The molecule has 0 amide bonds. The van der Waals surface area contributed by atoms with Crippen LogP contribution in [0.4, 0.5) is 8.78 Å². The zero-order valence-electron chi connectivity index (χ0n) is 8.38. The Bertz CT molecular complexity index is 205. The van der Waals surface area contributed by atoms with Crippen molar-refractivity contribution in [2.45, 2.75) is 12.0 Å². The molecule has 14 heavy (non-hydrogen) atoms. The minimum atomic E-state index is -2.46. The van der Waals surface area contributed by atoms with E-state index in [1.807, 2.05) is 7.05 Å². The summed E-state index contributed by atoms with van der Waals surface area (Å²) in [5.41, 5.74) is 0. The molecule has 2 rings (SSSR count). The van der Waals surface area contributed by atoms with Gasteiger partial charge in [-0.1, -0.05) is 0 Å². The van der Waals surface area contributed by atoms with Crippen molar-refractivity contribution in [1.29, 1.82) is 0 Å². The van der Waals surface area contributed by atoms with Crippen LogP contribution in [0.2, 0.25) is 0 Å². The zero-order valence-corrected chi connectivity index (χ0v) is 8.38. The van der Waals surface area contributed by atoms with Crippen molar-refractivity contribution in [2.24, 2.45) is 0 Å². The van der Waals surface area contributed by atoms with E-state index in [-0.39, 0.29) is 19.2 Å². The average Bonchev–Trinajstić information content (AvgIpc) is 2.00. The fraction of sp³-hybridized carbons (Fsp3) is 1.00. The molecule has 0 N–H and O–H groups in total. The molecular formula is C9H16F2N2O. The summed E-state index contributed by atoms with van der Waals surface area (Å²) >= 11 is 0. The number of likely N-dealkylation sites (tertiary alicyclic amines) is 1. The highest BCUT2D eigenvalue weighted by Crippen LogP contribution is 2.26. The van der Waals surface area contributed by atoms with Crippen LogP contribution in [0.1, 0.15) is 0 Å². The highest BCUT2D eigenvalue weighted by atomic mass is 19.3. The van der Waals surface area contributed by atoms with Gasteiger partial charge in [0.15, 0.2) is 0 Å². The molecule has 2 fully saturated rings. The van der Waals surface area contributed by atoms with E-state index < -0.39 is 5.92 Å². The normalized spacial score (nSPS) is 34.1. The molecule has 0 aliphatic carbocycles. The molecule has 5 heteroatoms. The summed E-state index contributed by atoms with van der Waals surface area (Å²) in [5.74, 6) is -2.46. The Morgan fingerprint density at radius 2 is 2.14 bits per heavy atom. The monoisotopic (exact) mass is 206 g/mol. The van der Waals surface area contributed by atoms with Crippen molar-refractivity contribution in [3.05, 3.63) is 0 Å². The lowest BCUT2D eigenvalue weighted by molar-refractivity contribution is -0.148. The Morgan fingerprint density at radius 3 is 2.71 bits per heavy atom. The summed E-state index contributed by atoms with van der Waals surface area (Å²) in [7, 11) is 2.03. The second-order valence-electron chi connectivity index (χ2n) is 4.28. The lowest BCUT2D eigenvalue weighted by Gasteiger charge is -2.42. The molecule has 2 saturated heterocycles. The first-order valence-corrected chi connectivity index (χ1v) is 4.95. The SMILES string of the molecule is CN1CCO[C@@H](CN2CC(F)(F)C2)C1. The fourth-order valence-electron chi connectivity index (χ4n) is 2.00. The molecule has 2 aliphatic rings. The van der Waals surface area contributed by atoms with Crippen LogP contribution in [0.5, 0.6) is 0 Å². The van der Waals surface area contributed by atoms with E-state index in [0.29, 0.717) is 13.2 Å². The number of rotatable bonds is 2. The summed E-state index contributed by atoms with van der Waals surface area (Å²) in [5, 5.41) is 0. The highest BCUT2D eigenvalue weighted by molar-refractivity contribution is 4.89. The Morgan fingerprint density at radius 1 is 1.43 bits per heavy atom. The minimum Gasteiger partial charge on any atom is -0.374 e. The number of hydrogen-bond donors (Lipinski definition) is 0. The first-order chi connectivity index (χ1) is 6.55. The second-order valence-corrected chi connectivity index (χ2v) is 4.28. The first kappa shape index (κ1) is 10.3. The van der Waals surface area contributed by atoms with Crippen molar-refractivity contribution >= 4 is 0 Å². The van der Waals surface area contributed by atoms with Gasteiger partial charge >= 0.3 is 0 Å². The van der Waals surface area contributed by atoms with E-state index in [1.165, 1.54) is 0 Å². The van der Waals surface area contributed by atoms with Gasteiger partial charge in [-0.05, 0) is 7.05 Å². The van der Waals surface area contributed by atoms with Crippen molar-refractivity contribution in [1.82, 2.24) is 9.80 Å². The lowest BCUT2D eigenvalue weighted by Crippen LogP contribution is -2.59. The van der Waals surface area contributed by atoms with Crippen LogP contribution < -0.4 is 0 Å². The molecule has 0 saturated carbocycles. The minimum absolute atomic E-state index is 0.101. The Labute approximate surface area is 82.6 Å². The standard InChI is InChI=1S/C9H16F2N2O/c1-12-2-3-14-8(4-12)5-13-6-9(10,11)7-13/h8H,2-7H2,1H3/t8-/m1/s1. The van der Waals surface area contributed by atoms with E-state index in [2.05, 4.69) is 4.90 Å². The van der Waals surface area contributed by atoms with Gasteiger partial charge in [0, 0.05) is 19.6 Å². The summed E-state index contributed by atoms with van der Waals surface area (Å²) in [6, 6.07) is 0. The molecule has 82 valence electrons. The number of hydrogen-bond acceptors (Lipinski definition) is 3. The van der Waals surface area contributed by atoms with Gasteiger partial charge in [0.2, 0.25) is 0 Å². The summed E-state index contributed by atoms with van der Waals surface area (Å²) in [4.78, 5) is 3.93. The van der Waals surface area contributed by atoms with E-state index >= 15 is 0 Å². The molecule has 3 nitrogen and oxygen atoms in total. The summed E-state index contributed by atoms with van der Waals surface area (Å²) in [6.07, 6.45) is 0.102. The molecule has 0 aromatic carbocycles. The topological polar surface area (TPSA) is 15.7 Å². The number of morpholine rings is 1. The van der Waals surface area contributed by atoms with Crippen molar-refractivity contribution < 1.29 is 13.5 Å². The van der Waals surface area contributed by atoms with Crippen LogP contribution in [-0.4, -0.2) is 68.2 Å². The van der Waals surface area contributed by atoms with Crippen LogP contribution in [0.3, 0.4) is 0 Å². The number of nitrogens with zero attached hydrogens (tertiary/aromatic N) is 2. The number of alkyl halides is 2. The van der Waals surface area contributed by atoms with Gasteiger partial charge in [0.25, 0.3) is 5.92 Å². The lowest BCUT2D eigenvalue weighted by atomic mass is 10.1. The van der Waals surface area contributed by atoms with Crippen LogP contribution in [0.15, 0.2) is 0 Å². The third-order valence-electron chi connectivity index (χ3n) is 2.71. The molecule has 0 bridgehead atoms. The zero-order chi connectivity index (χ0) is 10.2.